The standard InChI is InChI=1S/C32H42FN5S/c1-4-23-17-30(39-21-23)29-20-38(31-28(29)19-36-22-37-31)27-11-8-25(16-27)18-35-14-5-13-34-15-12-24-6-9-26(10-7-24)32(2,3)33/h6-7,9-10,17,19-22,25,27,34-35H,4-5,8,11-16,18H2,1-3H3/t25-,27+/m1/s1. The molecular weight excluding hydrogens is 505 g/mol. The fraction of sp³-hybridized carbons (Fsp3) is 0.500. The number of halogens is 1. The first-order valence-corrected chi connectivity index (χ1v) is 15.4. The maximum Gasteiger partial charge on any atom is 0.144 e. The van der Waals surface area contributed by atoms with Gasteiger partial charge >= 0.3 is 0 Å². The molecule has 3 aromatic heterocycles. The third-order valence-electron chi connectivity index (χ3n) is 8.10. The molecule has 0 unspecified atom stereocenters. The van der Waals surface area contributed by atoms with Crippen LogP contribution in [-0.4, -0.2) is 40.7 Å². The highest BCUT2D eigenvalue weighted by Gasteiger charge is 2.28. The lowest BCUT2D eigenvalue weighted by atomic mass is 9.98. The van der Waals surface area contributed by atoms with Crippen LogP contribution in [-0.2, 0) is 18.5 Å². The van der Waals surface area contributed by atoms with Gasteiger partial charge in [-0.3, -0.25) is 0 Å². The number of hydrogen-bond acceptors (Lipinski definition) is 5. The number of nitrogens with zero attached hydrogens (tertiary/aromatic N) is 3. The molecule has 2 atom stereocenters. The van der Waals surface area contributed by atoms with Crippen molar-refractivity contribution in [3.63, 3.8) is 0 Å². The molecule has 1 aliphatic carbocycles. The molecule has 1 saturated carbocycles. The average Bonchev–Trinajstić information content (AvgIpc) is 3.68. The van der Waals surface area contributed by atoms with Gasteiger partial charge in [0.25, 0.3) is 0 Å². The van der Waals surface area contributed by atoms with Crippen molar-refractivity contribution in [2.45, 2.75) is 71.0 Å². The van der Waals surface area contributed by atoms with E-state index < -0.39 is 5.67 Å². The monoisotopic (exact) mass is 547 g/mol. The highest BCUT2D eigenvalue weighted by Crippen LogP contribution is 2.40. The van der Waals surface area contributed by atoms with Crippen LogP contribution in [0.3, 0.4) is 0 Å². The highest BCUT2D eigenvalue weighted by atomic mass is 32.1. The molecule has 0 bridgehead atoms. The molecule has 39 heavy (non-hydrogen) atoms. The molecule has 7 heteroatoms. The summed E-state index contributed by atoms with van der Waals surface area (Å²) >= 11 is 1.82. The zero-order valence-electron chi connectivity index (χ0n) is 23.5. The summed E-state index contributed by atoms with van der Waals surface area (Å²) in [4.78, 5) is 10.3. The molecule has 208 valence electrons. The van der Waals surface area contributed by atoms with E-state index >= 15 is 0 Å². The number of rotatable bonds is 13. The lowest BCUT2D eigenvalue weighted by molar-refractivity contribution is 0.221. The molecule has 0 amide bonds. The number of aryl methyl sites for hydroxylation is 1. The van der Waals surface area contributed by atoms with Gasteiger partial charge in [0, 0.05) is 34.3 Å². The van der Waals surface area contributed by atoms with Gasteiger partial charge in [-0.05, 0) is 113 Å². The molecule has 1 fully saturated rings. The second-order valence-electron chi connectivity index (χ2n) is 11.4. The predicted molar refractivity (Wildman–Crippen MR) is 161 cm³/mol. The van der Waals surface area contributed by atoms with Crippen molar-refractivity contribution in [2.75, 3.05) is 26.2 Å². The molecule has 5 nitrogen and oxygen atoms in total. The zero-order valence-corrected chi connectivity index (χ0v) is 24.4. The van der Waals surface area contributed by atoms with Gasteiger partial charge in [0.05, 0.1) is 0 Å². The van der Waals surface area contributed by atoms with Crippen LogP contribution in [0.25, 0.3) is 21.5 Å². The van der Waals surface area contributed by atoms with E-state index in [0.717, 1.165) is 62.0 Å². The SMILES string of the molecule is CCc1csc(-c2cn([C@H]3CC[C@@H](CNCCCNCCc4ccc(C(C)(C)F)cc4)C3)c3ncncc23)c1. The zero-order chi connectivity index (χ0) is 27.2. The van der Waals surface area contributed by atoms with Crippen molar-refractivity contribution < 1.29 is 4.39 Å². The van der Waals surface area contributed by atoms with Crippen molar-refractivity contribution in [2.24, 2.45) is 5.92 Å². The van der Waals surface area contributed by atoms with Crippen LogP contribution in [0.15, 0.2) is 54.4 Å². The Morgan fingerprint density at radius 1 is 1.08 bits per heavy atom. The van der Waals surface area contributed by atoms with Gasteiger partial charge in [0.2, 0.25) is 0 Å². The van der Waals surface area contributed by atoms with E-state index in [-0.39, 0.29) is 0 Å². The summed E-state index contributed by atoms with van der Waals surface area (Å²) in [6, 6.07) is 10.7. The highest BCUT2D eigenvalue weighted by molar-refractivity contribution is 7.13. The fourth-order valence-electron chi connectivity index (χ4n) is 5.72. The van der Waals surface area contributed by atoms with Gasteiger partial charge < -0.3 is 15.2 Å². The summed E-state index contributed by atoms with van der Waals surface area (Å²) in [5.41, 5.74) is 4.44. The Labute approximate surface area is 236 Å². The Morgan fingerprint density at radius 3 is 2.67 bits per heavy atom. The molecule has 0 spiro atoms. The molecule has 5 rings (SSSR count). The number of nitrogens with one attached hydrogen (secondary N) is 2. The van der Waals surface area contributed by atoms with Crippen LogP contribution in [0.1, 0.15) is 69.2 Å². The summed E-state index contributed by atoms with van der Waals surface area (Å²) in [6.07, 6.45) is 12.8. The predicted octanol–water partition coefficient (Wildman–Crippen LogP) is 7.08. The van der Waals surface area contributed by atoms with Crippen molar-refractivity contribution >= 4 is 22.4 Å². The van der Waals surface area contributed by atoms with Gasteiger partial charge in [-0.1, -0.05) is 31.2 Å². The minimum Gasteiger partial charge on any atom is -0.329 e. The number of hydrogen-bond donors (Lipinski definition) is 2. The first-order chi connectivity index (χ1) is 18.9. The number of aromatic nitrogens is 3. The van der Waals surface area contributed by atoms with Gasteiger partial charge in [-0.15, -0.1) is 11.3 Å². The van der Waals surface area contributed by atoms with E-state index in [4.69, 9.17) is 0 Å². The van der Waals surface area contributed by atoms with Crippen LogP contribution < -0.4 is 10.6 Å². The van der Waals surface area contributed by atoms with Crippen LogP contribution in [0.4, 0.5) is 4.39 Å². The van der Waals surface area contributed by atoms with E-state index in [1.54, 1.807) is 20.2 Å². The van der Waals surface area contributed by atoms with E-state index in [2.05, 4.69) is 49.7 Å². The Balaban J connectivity index is 1.03. The molecule has 1 aliphatic rings. The molecule has 1 aromatic carbocycles. The summed E-state index contributed by atoms with van der Waals surface area (Å²) < 4.78 is 16.4. The molecule has 2 N–H and O–H groups in total. The van der Waals surface area contributed by atoms with Gasteiger partial charge in [0.15, 0.2) is 0 Å². The van der Waals surface area contributed by atoms with Crippen molar-refractivity contribution in [3.8, 4) is 10.4 Å². The minimum absolute atomic E-state index is 0.500. The van der Waals surface area contributed by atoms with Crippen molar-refractivity contribution in [3.05, 3.63) is 71.1 Å². The fourth-order valence-corrected chi connectivity index (χ4v) is 6.74. The second kappa shape index (κ2) is 12.7. The summed E-state index contributed by atoms with van der Waals surface area (Å²) in [7, 11) is 0. The summed E-state index contributed by atoms with van der Waals surface area (Å²) in [5.74, 6) is 0.705. The smallest absolute Gasteiger partial charge is 0.144 e. The number of benzene rings is 1. The Hall–Kier alpha value is -2.61. The third-order valence-corrected chi connectivity index (χ3v) is 9.11. The van der Waals surface area contributed by atoms with E-state index in [0.29, 0.717) is 12.0 Å². The molecule has 0 radical (unpaired) electrons. The largest absolute Gasteiger partial charge is 0.329 e. The van der Waals surface area contributed by atoms with Crippen LogP contribution in [0.2, 0.25) is 0 Å². The quantitative estimate of drug-likeness (QED) is 0.176. The van der Waals surface area contributed by atoms with Gasteiger partial charge in [0.1, 0.15) is 17.6 Å². The summed E-state index contributed by atoms with van der Waals surface area (Å²) in [5, 5.41) is 10.7. The van der Waals surface area contributed by atoms with E-state index in [1.807, 2.05) is 41.8 Å². The molecule has 0 aliphatic heterocycles. The van der Waals surface area contributed by atoms with Crippen LogP contribution in [0.5, 0.6) is 0 Å². The van der Waals surface area contributed by atoms with Gasteiger partial charge in [-0.25, -0.2) is 14.4 Å². The van der Waals surface area contributed by atoms with Crippen molar-refractivity contribution in [1.29, 1.82) is 0 Å². The molecule has 4 aromatic rings. The average molecular weight is 548 g/mol. The maximum absolute atomic E-state index is 14.0. The van der Waals surface area contributed by atoms with Crippen molar-refractivity contribution in [1.82, 2.24) is 25.2 Å². The topological polar surface area (TPSA) is 54.8 Å². The van der Waals surface area contributed by atoms with Crippen LogP contribution in [0, 0.1) is 5.92 Å². The molecular formula is C32H42FN5S. The maximum atomic E-state index is 14.0. The molecule has 3 heterocycles. The Morgan fingerprint density at radius 2 is 1.90 bits per heavy atom. The van der Waals surface area contributed by atoms with Crippen LogP contribution >= 0.6 is 11.3 Å². The number of alkyl halides is 1. The van der Waals surface area contributed by atoms with E-state index in [1.165, 1.54) is 40.8 Å². The number of fused-ring (bicyclic) bond motifs is 1. The lowest BCUT2D eigenvalue weighted by Gasteiger charge is -2.15. The summed E-state index contributed by atoms with van der Waals surface area (Å²) in [6.45, 7) is 9.49. The lowest BCUT2D eigenvalue weighted by Crippen LogP contribution is -2.26. The third kappa shape index (κ3) is 6.94. The first-order valence-electron chi connectivity index (χ1n) is 14.5. The number of thiophene rings is 1. The van der Waals surface area contributed by atoms with E-state index in [9.17, 15) is 4.39 Å². The Bertz CT molecular complexity index is 1340. The van der Waals surface area contributed by atoms with Gasteiger partial charge in [-0.2, -0.15) is 0 Å². The Kier molecular flexibility index (Phi) is 9.10. The second-order valence-corrected chi connectivity index (χ2v) is 12.4. The molecule has 0 saturated heterocycles. The first kappa shape index (κ1) is 27.9. The normalized spacial score (nSPS) is 17.8. The minimum atomic E-state index is -1.28.